The first-order valence-electron chi connectivity index (χ1n) is 5.96. The first-order chi connectivity index (χ1) is 9.35. The number of carboxylic acid groups (broad SMARTS) is 1. The smallest absolute Gasteiger partial charge is 0.326 e. The number of aromatic nitrogens is 2. The van der Waals surface area contributed by atoms with Crippen LogP contribution in [0.1, 0.15) is 28.9 Å². The Morgan fingerprint density at radius 1 is 1.50 bits per heavy atom. The lowest BCUT2D eigenvalue weighted by Gasteiger charge is -2.13. The van der Waals surface area contributed by atoms with E-state index < -0.39 is 23.9 Å². The molecular formula is C12H17N3O5. The Hall–Kier alpha value is -2.38. The van der Waals surface area contributed by atoms with Crippen molar-refractivity contribution in [2.75, 3.05) is 7.11 Å². The summed E-state index contributed by atoms with van der Waals surface area (Å²) in [5.74, 6) is -2.26. The molecule has 0 saturated heterocycles. The quantitative estimate of drug-likeness (QED) is 0.703. The van der Waals surface area contributed by atoms with Crippen molar-refractivity contribution in [2.24, 2.45) is 7.05 Å². The van der Waals surface area contributed by atoms with Crippen LogP contribution >= 0.6 is 0 Å². The Bertz CT molecular complexity index is 523. The Morgan fingerprint density at radius 3 is 2.60 bits per heavy atom. The number of nitrogens with zero attached hydrogens (tertiary/aromatic N) is 2. The molecule has 1 aromatic heterocycles. The second kappa shape index (κ2) is 6.69. The molecule has 8 nitrogen and oxygen atoms in total. The third kappa shape index (κ3) is 4.08. The summed E-state index contributed by atoms with van der Waals surface area (Å²) >= 11 is 0. The fourth-order valence-corrected chi connectivity index (χ4v) is 1.68. The van der Waals surface area contributed by atoms with E-state index >= 15 is 0 Å². The molecule has 0 aliphatic carbocycles. The number of nitrogens with one attached hydrogen (secondary N) is 1. The fourth-order valence-electron chi connectivity index (χ4n) is 1.68. The second-order valence-corrected chi connectivity index (χ2v) is 4.28. The third-order valence-corrected chi connectivity index (χ3v) is 2.73. The lowest BCUT2D eigenvalue weighted by molar-refractivity contribution is -0.142. The number of aryl methyl sites for hydroxylation is 2. The number of ether oxygens (including phenoxy) is 1. The largest absolute Gasteiger partial charge is 0.480 e. The van der Waals surface area contributed by atoms with E-state index in [2.05, 4.69) is 15.2 Å². The molecule has 20 heavy (non-hydrogen) atoms. The van der Waals surface area contributed by atoms with Gasteiger partial charge in [-0.3, -0.25) is 14.3 Å². The van der Waals surface area contributed by atoms with Crippen molar-refractivity contribution >= 4 is 17.8 Å². The van der Waals surface area contributed by atoms with E-state index in [-0.39, 0.29) is 12.8 Å². The summed E-state index contributed by atoms with van der Waals surface area (Å²) < 4.78 is 5.90. The molecule has 1 rings (SSSR count). The van der Waals surface area contributed by atoms with Crippen LogP contribution in [-0.2, 0) is 21.4 Å². The van der Waals surface area contributed by atoms with Crippen molar-refractivity contribution in [3.63, 3.8) is 0 Å². The average molecular weight is 283 g/mol. The number of carbonyl (C=O) groups is 3. The number of methoxy groups -OCH3 is 1. The Balaban J connectivity index is 2.70. The van der Waals surface area contributed by atoms with Crippen molar-refractivity contribution in [1.29, 1.82) is 0 Å². The van der Waals surface area contributed by atoms with Crippen LogP contribution in [0, 0.1) is 6.92 Å². The zero-order valence-electron chi connectivity index (χ0n) is 11.5. The SMILES string of the molecule is COC(=O)CC[C@H](NC(=O)c1cn(C)nc1C)C(=O)O. The van der Waals surface area contributed by atoms with Gasteiger partial charge in [0, 0.05) is 19.7 Å². The van der Waals surface area contributed by atoms with Crippen molar-refractivity contribution in [3.05, 3.63) is 17.5 Å². The minimum Gasteiger partial charge on any atom is -0.480 e. The first kappa shape index (κ1) is 15.7. The van der Waals surface area contributed by atoms with Gasteiger partial charge >= 0.3 is 11.9 Å². The summed E-state index contributed by atoms with van der Waals surface area (Å²) in [7, 11) is 2.88. The van der Waals surface area contributed by atoms with Crippen LogP contribution in [0.4, 0.5) is 0 Å². The van der Waals surface area contributed by atoms with Gasteiger partial charge in [-0.1, -0.05) is 0 Å². The zero-order valence-corrected chi connectivity index (χ0v) is 11.5. The summed E-state index contributed by atoms with van der Waals surface area (Å²) in [4.78, 5) is 34.0. The highest BCUT2D eigenvalue weighted by atomic mass is 16.5. The molecule has 0 aliphatic rings. The van der Waals surface area contributed by atoms with Crippen molar-refractivity contribution in [3.8, 4) is 0 Å². The summed E-state index contributed by atoms with van der Waals surface area (Å²) in [6.07, 6.45) is 1.39. The minimum atomic E-state index is -1.20. The van der Waals surface area contributed by atoms with Crippen LogP contribution < -0.4 is 5.32 Å². The van der Waals surface area contributed by atoms with Crippen LogP contribution in [-0.4, -0.2) is 45.9 Å². The van der Waals surface area contributed by atoms with E-state index in [1.165, 1.54) is 18.0 Å². The van der Waals surface area contributed by atoms with E-state index in [1.807, 2.05) is 0 Å². The van der Waals surface area contributed by atoms with Gasteiger partial charge in [0.1, 0.15) is 6.04 Å². The van der Waals surface area contributed by atoms with Crippen LogP contribution in [0.5, 0.6) is 0 Å². The molecule has 1 atom stereocenters. The number of carboxylic acids is 1. The number of aliphatic carboxylic acids is 1. The summed E-state index contributed by atoms with van der Waals surface area (Å²) in [6, 6.07) is -1.15. The fraction of sp³-hybridized carbons (Fsp3) is 0.500. The predicted molar refractivity (Wildman–Crippen MR) is 68.1 cm³/mol. The van der Waals surface area contributed by atoms with Gasteiger partial charge in [0.2, 0.25) is 0 Å². The van der Waals surface area contributed by atoms with Gasteiger partial charge in [-0.2, -0.15) is 5.10 Å². The minimum absolute atomic E-state index is 0.0347. The molecule has 0 unspecified atom stereocenters. The maximum atomic E-state index is 12.0. The summed E-state index contributed by atoms with van der Waals surface area (Å²) in [5.41, 5.74) is 0.805. The molecule has 2 N–H and O–H groups in total. The van der Waals surface area contributed by atoms with E-state index in [9.17, 15) is 14.4 Å². The molecule has 1 heterocycles. The molecular weight excluding hydrogens is 266 g/mol. The molecule has 0 aliphatic heterocycles. The Kier molecular flexibility index (Phi) is 5.24. The highest BCUT2D eigenvalue weighted by Gasteiger charge is 2.23. The van der Waals surface area contributed by atoms with Crippen molar-refractivity contribution in [1.82, 2.24) is 15.1 Å². The predicted octanol–water partition coefficient (Wildman–Crippen LogP) is -0.135. The second-order valence-electron chi connectivity index (χ2n) is 4.28. The number of amides is 1. The van der Waals surface area contributed by atoms with Gasteiger partial charge < -0.3 is 15.2 Å². The molecule has 0 radical (unpaired) electrons. The number of hydrogen-bond donors (Lipinski definition) is 2. The van der Waals surface area contributed by atoms with Crippen LogP contribution in [0.2, 0.25) is 0 Å². The van der Waals surface area contributed by atoms with Crippen molar-refractivity contribution < 1.29 is 24.2 Å². The van der Waals surface area contributed by atoms with Crippen LogP contribution in [0.15, 0.2) is 6.20 Å². The lowest BCUT2D eigenvalue weighted by Crippen LogP contribution is -2.41. The third-order valence-electron chi connectivity index (χ3n) is 2.73. The molecule has 0 spiro atoms. The summed E-state index contributed by atoms with van der Waals surface area (Å²) in [6.45, 7) is 1.65. The van der Waals surface area contributed by atoms with Gasteiger partial charge in [0.15, 0.2) is 0 Å². The zero-order chi connectivity index (χ0) is 15.3. The van der Waals surface area contributed by atoms with E-state index in [1.54, 1.807) is 14.0 Å². The monoisotopic (exact) mass is 283 g/mol. The molecule has 110 valence electrons. The molecule has 0 bridgehead atoms. The summed E-state index contributed by atoms with van der Waals surface area (Å²) in [5, 5.41) is 15.4. The molecule has 8 heteroatoms. The first-order valence-corrected chi connectivity index (χ1v) is 5.96. The van der Waals surface area contributed by atoms with Crippen LogP contribution in [0.25, 0.3) is 0 Å². The van der Waals surface area contributed by atoms with Gasteiger partial charge in [-0.15, -0.1) is 0 Å². The maximum absolute atomic E-state index is 12.0. The molecule has 0 fully saturated rings. The lowest BCUT2D eigenvalue weighted by atomic mass is 10.1. The number of carbonyl (C=O) groups excluding carboxylic acids is 2. The Labute approximate surface area is 115 Å². The highest BCUT2D eigenvalue weighted by Crippen LogP contribution is 2.07. The van der Waals surface area contributed by atoms with Gasteiger partial charge in [0.05, 0.1) is 18.4 Å². The number of esters is 1. The topological polar surface area (TPSA) is 111 Å². The van der Waals surface area contributed by atoms with Gasteiger partial charge in [0.25, 0.3) is 5.91 Å². The van der Waals surface area contributed by atoms with E-state index in [0.717, 1.165) is 0 Å². The normalized spacial score (nSPS) is 11.8. The van der Waals surface area contributed by atoms with Gasteiger partial charge in [-0.05, 0) is 13.3 Å². The van der Waals surface area contributed by atoms with Crippen molar-refractivity contribution in [2.45, 2.75) is 25.8 Å². The van der Waals surface area contributed by atoms with E-state index in [0.29, 0.717) is 11.3 Å². The standard InChI is InChI=1S/C12H17N3O5/c1-7-8(6-15(2)14-7)11(17)13-9(12(18)19)4-5-10(16)20-3/h6,9H,4-5H2,1-3H3,(H,13,17)(H,18,19)/t9-/m0/s1. The number of hydrogen-bond acceptors (Lipinski definition) is 5. The Morgan fingerprint density at radius 2 is 2.15 bits per heavy atom. The van der Waals surface area contributed by atoms with Gasteiger partial charge in [-0.25, -0.2) is 4.79 Å². The van der Waals surface area contributed by atoms with Crippen LogP contribution in [0.3, 0.4) is 0 Å². The highest BCUT2D eigenvalue weighted by molar-refractivity contribution is 5.97. The molecule has 1 amide bonds. The molecule has 0 saturated carbocycles. The maximum Gasteiger partial charge on any atom is 0.326 e. The average Bonchev–Trinajstić information content (AvgIpc) is 2.72. The molecule has 0 aromatic carbocycles. The van der Waals surface area contributed by atoms with E-state index in [4.69, 9.17) is 5.11 Å². The number of rotatable bonds is 6. The molecule has 1 aromatic rings.